The quantitative estimate of drug-likeness (QED) is 0.203. The number of aldehydes is 1. The molecule has 6 aromatic rings. The Hall–Kier alpha value is -4.13. The minimum atomic E-state index is 0.0386. The zero-order valence-electron chi connectivity index (χ0n) is 20.2. The van der Waals surface area contributed by atoms with Gasteiger partial charge < -0.3 is 23.8 Å². The molecule has 6 rings (SSSR count). The molecule has 180 valence electrons. The Balaban J connectivity index is 1.80. The summed E-state index contributed by atoms with van der Waals surface area (Å²) in [6, 6.07) is 24.7. The van der Waals surface area contributed by atoms with Gasteiger partial charge in [-0.05, 0) is 23.6 Å². The van der Waals surface area contributed by atoms with Crippen LogP contribution in [0.5, 0.6) is 5.75 Å². The van der Waals surface area contributed by atoms with E-state index < -0.39 is 0 Å². The SMILES string of the molecule is COCOc1c(C=O)c2c3cccc(Cc4ccccc4)c3n(COC)c2c2[nH]c3ccccc3c12. The lowest BCUT2D eigenvalue weighted by molar-refractivity contribution is 0.0518. The summed E-state index contributed by atoms with van der Waals surface area (Å²) in [5.74, 6) is 0.525. The first-order chi connectivity index (χ1) is 17.8. The van der Waals surface area contributed by atoms with E-state index in [1.807, 2.05) is 30.3 Å². The van der Waals surface area contributed by atoms with Gasteiger partial charge in [-0.15, -0.1) is 0 Å². The Morgan fingerprint density at radius 2 is 1.61 bits per heavy atom. The first-order valence-electron chi connectivity index (χ1n) is 11.9. The summed E-state index contributed by atoms with van der Waals surface area (Å²) in [7, 11) is 3.27. The largest absolute Gasteiger partial charge is 0.466 e. The lowest BCUT2D eigenvalue weighted by atomic mass is 9.99. The number of para-hydroxylation sites is 2. The molecule has 0 aliphatic rings. The smallest absolute Gasteiger partial charge is 0.188 e. The molecule has 4 aromatic carbocycles. The van der Waals surface area contributed by atoms with Crippen LogP contribution in [-0.2, 0) is 22.6 Å². The molecule has 0 amide bonds. The highest BCUT2D eigenvalue weighted by atomic mass is 16.7. The maximum Gasteiger partial charge on any atom is 0.188 e. The van der Waals surface area contributed by atoms with Crippen LogP contribution in [0.2, 0.25) is 0 Å². The second-order valence-electron chi connectivity index (χ2n) is 8.88. The fraction of sp³-hybridized carbons (Fsp3) is 0.167. The third-order valence-corrected chi connectivity index (χ3v) is 6.78. The fourth-order valence-electron chi connectivity index (χ4n) is 5.42. The van der Waals surface area contributed by atoms with Gasteiger partial charge in [-0.2, -0.15) is 0 Å². The number of aromatic amines is 1. The summed E-state index contributed by atoms with van der Waals surface area (Å²) in [4.78, 5) is 16.3. The number of hydrogen-bond acceptors (Lipinski definition) is 4. The van der Waals surface area contributed by atoms with E-state index in [-0.39, 0.29) is 6.79 Å². The van der Waals surface area contributed by atoms with Crippen molar-refractivity contribution < 1.29 is 19.0 Å². The van der Waals surface area contributed by atoms with Crippen molar-refractivity contribution in [3.63, 3.8) is 0 Å². The molecule has 0 bridgehead atoms. The summed E-state index contributed by atoms with van der Waals surface area (Å²) < 4.78 is 19.2. The van der Waals surface area contributed by atoms with E-state index in [2.05, 4.69) is 52.0 Å². The van der Waals surface area contributed by atoms with Crippen molar-refractivity contribution in [2.75, 3.05) is 21.0 Å². The van der Waals surface area contributed by atoms with Gasteiger partial charge in [0.2, 0.25) is 0 Å². The molecule has 0 saturated carbocycles. The summed E-state index contributed by atoms with van der Waals surface area (Å²) in [5, 5.41) is 3.68. The zero-order valence-corrected chi connectivity index (χ0v) is 20.2. The van der Waals surface area contributed by atoms with Crippen molar-refractivity contribution in [3.05, 3.63) is 89.5 Å². The highest BCUT2D eigenvalue weighted by Gasteiger charge is 2.26. The van der Waals surface area contributed by atoms with Crippen molar-refractivity contribution in [2.45, 2.75) is 13.2 Å². The molecule has 1 N–H and O–H groups in total. The normalized spacial score (nSPS) is 11.7. The predicted octanol–water partition coefficient (Wildman–Crippen LogP) is 6.42. The van der Waals surface area contributed by atoms with Gasteiger partial charge in [0.1, 0.15) is 12.5 Å². The first kappa shape index (κ1) is 22.3. The number of ether oxygens (including phenoxy) is 3. The molecule has 0 aliphatic carbocycles. The minimum absolute atomic E-state index is 0.0386. The van der Waals surface area contributed by atoms with E-state index in [4.69, 9.17) is 14.2 Å². The molecule has 0 radical (unpaired) electrons. The third kappa shape index (κ3) is 3.38. The lowest BCUT2D eigenvalue weighted by Crippen LogP contribution is -2.04. The predicted molar refractivity (Wildman–Crippen MR) is 143 cm³/mol. The van der Waals surface area contributed by atoms with Gasteiger partial charge in [0.15, 0.2) is 13.1 Å². The maximum atomic E-state index is 12.7. The van der Waals surface area contributed by atoms with Crippen LogP contribution in [0.3, 0.4) is 0 Å². The number of nitrogens with one attached hydrogen (secondary N) is 1. The molecule has 2 heterocycles. The average Bonchev–Trinajstić information content (AvgIpc) is 3.45. The van der Waals surface area contributed by atoms with Crippen LogP contribution in [-0.4, -0.2) is 36.8 Å². The monoisotopic (exact) mass is 478 g/mol. The standard InChI is InChI=1S/C30H26N2O4/c1-34-17-32-28-20(15-19-9-4-3-5-10-19)11-8-13-22(28)25-23(16-33)30(36-18-35-2)26-21-12-6-7-14-24(21)31-27(26)29(25)32/h3-14,16,31H,15,17-18H2,1-2H3. The number of benzene rings is 4. The number of fused-ring (bicyclic) bond motifs is 7. The van der Waals surface area contributed by atoms with Crippen LogP contribution >= 0.6 is 0 Å². The lowest BCUT2D eigenvalue weighted by Gasteiger charge is -2.13. The number of carbonyl (C=O) groups is 1. The molecular weight excluding hydrogens is 452 g/mol. The first-order valence-corrected chi connectivity index (χ1v) is 11.9. The molecule has 0 atom stereocenters. The van der Waals surface area contributed by atoms with Crippen molar-refractivity contribution in [3.8, 4) is 5.75 Å². The van der Waals surface area contributed by atoms with Gasteiger partial charge in [-0.3, -0.25) is 4.79 Å². The van der Waals surface area contributed by atoms with Crippen molar-refractivity contribution in [2.24, 2.45) is 0 Å². The van der Waals surface area contributed by atoms with Gasteiger partial charge in [0.25, 0.3) is 0 Å². The molecule has 0 saturated heterocycles. The molecule has 36 heavy (non-hydrogen) atoms. The van der Waals surface area contributed by atoms with Crippen LogP contribution in [0.4, 0.5) is 0 Å². The Bertz CT molecular complexity index is 1730. The number of H-pyrrole nitrogens is 1. The van der Waals surface area contributed by atoms with E-state index in [1.54, 1.807) is 14.2 Å². The molecule has 6 nitrogen and oxygen atoms in total. The summed E-state index contributed by atoms with van der Waals surface area (Å²) >= 11 is 0. The number of hydrogen-bond donors (Lipinski definition) is 1. The summed E-state index contributed by atoms with van der Waals surface area (Å²) in [5.41, 5.74) is 6.73. The van der Waals surface area contributed by atoms with Gasteiger partial charge in [0, 0.05) is 35.9 Å². The molecule has 0 fully saturated rings. The van der Waals surface area contributed by atoms with Gasteiger partial charge in [-0.25, -0.2) is 0 Å². The van der Waals surface area contributed by atoms with E-state index in [0.29, 0.717) is 18.0 Å². The van der Waals surface area contributed by atoms with E-state index in [0.717, 1.165) is 61.9 Å². The Morgan fingerprint density at radius 1 is 0.833 bits per heavy atom. The molecular formula is C30H26N2O4. The van der Waals surface area contributed by atoms with Crippen molar-refractivity contribution >= 4 is 49.9 Å². The summed E-state index contributed by atoms with van der Waals surface area (Å²) in [6.45, 7) is 0.379. The number of rotatable bonds is 8. The van der Waals surface area contributed by atoms with Crippen LogP contribution < -0.4 is 4.74 Å². The van der Waals surface area contributed by atoms with Crippen LogP contribution in [0, 0.1) is 0 Å². The molecule has 6 heteroatoms. The summed E-state index contributed by atoms with van der Waals surface area (Å²) in [6.07, 6.45) is 1.66. The van der Waals surface area contributed by atoms with Gasteiger partial charge >= 0.3 is 0 Å². The fourth-order valence-corrected chi connectivity index (χ4v) is 5.42. The van der Waals surface area contributed by atoms with E-state index in [9.17, 15) is 4.79 Å². The maximum absolute atomic E-state index is 12.7. The Morgan fingerprint density at radius 3 is 2.39 bits per heavy atom. The van der Waals surface area contributed by atoms with Crippen LogP contribution in [0.1, 0.15) is 21.5 Å². The zero-order chi connectivity index (χ0) is 24.6. The highest BCUT2D eigenvalue weighted by Crippen LogP contribution is 2.45. The minimum Gasteiger partial charge on any atom is -0.466 e. The topological polar surface area (TPSA) is 65.5 Å². The number of methoxy groups -OCH3 is 2. The number of nitrogens with zero attached hydrogens (tertiary/aromatic N) is 1. The van der Waals surface area contributed by atoms with E-state index >= 15 is 0 Å². The van der Waals surface area contributed by atoms with Crippen LogP contribution in [0.15, 0.2) is 72.8 Å². The Labute approximate surface area is 208 Å². The van der Waals surface area contributed by atoms with Gasteiger partial charge in [-0.1, -0.05) is 66.7 Å². The molecule has 2 aromatic heterocycles. The highest BCUT2D eigenvalue weighted by molar-refractivity contribution is 6.29. The number of aromatic nitrogens is 2. The van der Waals surface area contributed by atoms with E-state index in [1.165, 1.54) is 5.56 Å². The Kier molecular flexibility index (Phi) is 5.68. The second kappa shape index (κ2) is 9.15. The number of carbonyl (C=O) groups excluding carboxylic acids is 1. The molecule has 0 spiro atoms. The molecule has 0 unspecified atom stereocenters. The van der Waals surface area contributed by atoms with Crippen LogP contribution in [0.25, 0.3) is 43.6 Å². The van der Waals surface area contributed by atoms with Crippen molar-refractivity contribution in [1.29, 1.82) is 0 Å². The average molecular weight is 479 g/mol. The van der Waals surface area contributed by atoms with Gasteiger partial charge in [0.05, 0.1) is 27.5 Å². The van der Waals surface area contributed by atoms with Crippen molar-refractivity contribution in [1.82, 2.24) is 9.55 Å². The molecule has 0 aliphatic heterocycles. The second-order valence-corrected chi connectivity index (χ2v) is 8.88. The third-order valence-electron chi connectivity index (χ3n) is 6.78.